The van der Waals surface area contributed by atoms with Crippen LogP contribution in [0.2, 0.25) is 0 Å². The van der Waals surface area contributed by atoms with Gasteiger partial charge in [-0.05, 0) is 49.4 Å². The SMILES string of the molecule is COc1ccc(NC(=O)c2cnn3c2C(=O)N(c2ccc(S(F)(F)(F)(F)F)cc2)[C@@H](C)C3)cc1C#N. The lowest BCUT2D eigenvalue weighted by Gasteiger charge is -2.41. The minimum absolute atomic E-state index is 0.0503. The summed E-state index contributed by atoms with van der Waals surface area (Å²) in [5, 5.41) is 15.9. The number of benzene rings is 2. The fraction of sp³-hybridized carbons (Fsp3) is 0.182. The van der Waals surface area contributed by atoms with E-state index in [1.54, 1.807) is 6.92 Å². The predicted octanol–water partition coefficient (Wildman–Crippen LogP) is 5.72. The van der Waals surface area contributed by atoms with Crippen molar-refractivity contribution in [3.8, 4) is 11.8 Å². The summed E-state index contributed by atoms with van der Waals surface area (Å²) in [7, 11) is -8.49. The highest BCUT2D eigenvalue weighted by Crippen LogP contribution is 3.02. The van der Waals surface area contributed by atoms with Gasteiger partial charge in [0.1, 0.15) is 22.4 Å². The minimum Gasteiger partial charge on any atom is -0.495 e. The van der Waals surface area contributed by atoms with Crippen LogP contribution in [0.5, 0.6) is 5.75 Å². The normalized spacial score (nSPS) is 17.4. The summed E-state index contributed by atoms with van der Waals surface area (Å²) in [6.45, 7) is 1.69. The molecular weight excluding hydrogens is 509 g/mol. The zero-order valence-electron chi connectivity index (χ0n) is 18.7. The Morgan fingerprint density at radius 1 is 1.17 bits per heavy atom. The molecule has 2 aromatic carbocycles. The molecule has 2 amide bonds. The third-order valence-electron chi connectivity index (χ3n) is 5.52. The molecule has 1 N–H and O–H groups in total. The van der Waals surface area contributed by atoms with Crippen LogP contribution in [-0.4, -0.2) is 34.7 Å². The number of anilines is 2. The van der Waals surface area contributed by atoms with Gasteiger partial charge in [-0.25, -0.2) is 0 Å². The van der Waals surface area contributed by atoms with Crippen LogP contribution in [0.4, 0.5) is 30.8 Å². The van der Waals surface area contributed by atoms with Crippen LogP contribution in [0.3, 0.4) is 0 Å². The average Bonchev–Trinajstić information content (AvgIpc) is 3.22. The number of methoxy groups -OCH3 is 1. The highest BCUT2D eigenvalue weighted by atomic mass is 32.5. The fourth-order valence-corrected chi connectivity index (χ4v) is 4.52. The number of rotatable bonds is 5. The second-order valence-electron chi connectivity index (χ2n) is 8.06. The number of nitrogens with one attached hydrogen (secondary N) is 1. The van der Waals surface area contributed by atoms with Crippen molar-refractivity contribution in [1.29, 1.82) is 5.26 Å². The Bertz CT molecular complexity index is 1430. The molecule has 3 aromatic rings. The molecule has 36 heavy (non-hydrogen) atoms. The number of halogens is 5. The Morgan fingerprint density at radius 3 is 2.42 bits per heavy atom. The highest BCUT2D eigenvalue weighted by molar-refractivity contribution is 8.45. The number of ether oxygens (including phenoxy) is 1. The van der Waals surface area contributed by atoms with E-state index in [0.717, 1.165) is 17.0 Å². The monoisotopic (exact) mass is 527 g/mol. The number of nitriles is 1. The van der Waals surface area contributed by atoms with Gasteiger partial charge >= 0.3 is 10.2 Å². The first-order chi connectivity index (χ1) is 16.6. The first-order valence-electron chi connectivity index (χ1n) is 10.3. The Labute approximate surface area is 201 Å². The van der Waals surface area contributed by atoms with Gasteiger partial charge in [0.2, 0.25) is 0 Å². The van der Waals surface area contributed by atoms with Gasteiger partial charge in [-0.2, -0.15) is 10.4 Å². The van der Waals surface area contributed by atoms with E-state index in [4.69, 9.17) is 4.74 Å². The van der Waals surface area contributed by atoms with Crippen molar-refractivity contribution in [2.75, 3.05) is 17.3 Å². The number of amides is 2. The van der Waals surface area contributed by atoms with Crippen LogP contribution in [0.1, 0.15) is 33.3 Å². The van der Waals surface area contributed by atoms with Crippen molar-refractivity contribution in [3.63, 3.8) is 0 Å². The maximum Gasteiger partial charge on any atom is 0.310 e. The van der Waals surface area contributed by atoms with Crippen LogP contribution in [0.15, 0.2) is 53.6 Å². The fourth-order valence-electron chi connectivity index (χ4n) is 3.87. The molecule has 0 unspecified atom stereocenters. The lowest BCUT2D eigenvalue weighted by atomic mass is 10.1. The van der Waals surface area contributed by atoms with E-state index >= 15 is 0 Å². The standard InChI is InChI=1S/C22H18F5N5O3S/c1-13-12-31-20(22(34)32(13)16-4-6-17(7-5-16)36(23,24,25,26)27)18(11-29-31)21(33)30-15-3-8-19(35-2)14(9-15)10-28/h3-9,11,13H,12H2,1-2H3,(H,30,33)/t13-/m0/s1. The molecule has 1 aromatic heterocycles. The zero-order valence-corrected chi connectivity index (χ0v) is 19.5. The van der Waals surface area contributed by atoms with E-state index in [2.05, 4.69) is 10.4 Å². The van der Waals surface area contributed by atoms with E-state index in [1.165, 1.54) is 36.2 Å². The maximum atomic E-state index is 13.3. The Hall–Kier alpha value is -4.12. The number of fused-ring (bicyclic) bond motifs is 1. The van der Waals surface area contributed by atoms with Gasteiger partial charge in [0, 0.05) is 11.4 Å². The molecule has 4 rings (SSSR count). The van der Waals surface area contributed by atoms with E-state index < -0.39 is 33.0 Å². The molecule has 2 heterocycles. The van der Waals surface area contributed by atoms with Crippen molar-refractivity contribution in [2.45, 2.75) is 24.4 Å². The number of hydrogen-bond acceptors (Lipinski definition) is 5. The molecule has 0 spiro atoms. The average molecular weight is 527 g/mol. The largest absolute Gasteiger partial charge is 0.495 e. The highest BCUT2D eigenvalue weighted by Gasteiger charge is 2.65. The summed E-state index contributed by atoms with van der Waals surface area (Å²) in [5.41, 5.74) is 0.118. The molecule has 0 radical (unpaired) electrons. The van der Waals surface area contributed by atoms with Gasteiger partial charge in [0.05, 0.1) is 37.0 Å². The summed E-state index contributed by atoms with van der Waals surface area (Å²) in [5.74, 6) is -1.16. The molecule has 0 aliphatic carbocycles. The molecule has 0 saturated carbocycles. The predicted molar refractivity (Wildman–Crippen MR) is 122 cm³/mol. The summed E-state index contributed by atoms with van der Waals surface area (Å²) >= 11 is 0. The Morgan fingerprint density at radius 2 is 1.83 bits per heavy atom. The first kappa shape index (κ1) is 25.0. The van der Waals surface area contributed by atoms with Gasteiger partial charge < -0.3 is 15.0 Å². The lowest BCUT2D eigenvalue weighted by molar-refractivity contribution is 0.0933. The van der Waals surface area contributed by atoms with E-state index in [-0.39, 0.29) is 46.9 Å². The molecule has 0 saturated heterocycles. The smallest absolute Gasteiger partial charge is 0.310 e. The van der Waals surface area contributed by atoms with E-state index in [1.807, 2.05) is 6.07 Å². The molecule has 8 nitrogen and oxygen atoms in total. The number of hydrogen-bond donors (Lipinski definition) is 1. The van der Waals surface area contributed by atoms with Crippen molar-refractivity contribution in [3.05, 3.63) is 65.5 Å². The van der Waals surface area contributed by atoms with Gasteiger partial charge in [-0.15, -0.1) is 0 Å². The summed E-state index contributed by atoms with van der Waals surface area (Å²) in [6, 6.07) is 7.70. The van der Waals surface area contributed by atoms with Crippen molar-refractivity contribution in [1.82, 2.24) is 9.78 Å². The molecule has 14 heteroatoms. The molecule has 1 aliphatic rings. The third kappa shape index (κ3) is 4.57. The third-order valence-corrected chi connectivity index (χ3v) is 6.68. The van der Waals surface area contributed by atoms with Crippen LogP contribution in [-0.2, 0) is 6.54 Å². The molecule has 190 valence electrons. The van der Waals surface area contributed by atoms with E-state index in [0.29, 0.717) is 5.75 Å². The molecule has 1 atom stereocenters. The van der Waals surface area contributed by atoms with E-state index in [9.17, 15) is 34.3 Å². The molecular formula is C22H18F5N5O3S. The van der Waals surface area contributed by atoms with Crippen molar-refractivity contribution >= 4 is 33.4 Å². The van der Waals surface area contributed by atoms with Crippen LogP contribution in [0.25, 0.3) is 0 Å². The Kier molecular flexibility index (Phi) is 5.34. The molecule has 0 fully saturated rings. The summed E-state index contributed by atoms with van der Waals surface area (Å²) in [6.07, 6.45) is 1.17. The quantitative estimate of drug-likeness (QED) is 0.428. The second kappa shape index (κ2) is 7.69. The number of carbonyl (C=O) groups excluding carboxylic acids is 2. The first-order valence-corrected chi connectivity index (χ1v) is 12.2. The van der Waals surface area contributed by atoms with Crippen LogP contribution >= 0.6 is 10.2 Å². The maximum absolute atomic E-state index is 13.3. The Balaban J connectivity index is 1.64. The number of nitrogens with zero attached hydrogens (tertiary/aromatic N) is 4. The van der Waals surface area contributed by atoms with Crippen molar-refractivity contribution < 1.29 is 33.8 Å². The van der Waals surface area contributed by atoms with Gasteiger partial charge in [0.25, 0.3) is 11.8 Å². The number of carbonyl (C=O) groups is 2. The van der Waals surface area contributed by atoms with Gasteiger partial charge in [-0.3, -0.25) is 14.3 Å². The molecule has 0 bridgehead atoms. The van der Waals surface area contributed by atoms with Gasteiger partial charge in [0.15, 0.2) is 0 Å². The summed E-state index contributed by atoms with van der Waals surface area (Å²) < 4.78 is 71.7. The van der Waals surface area contributed by atoms with Gasteiger partial charge in [-0.1, -0.05) is 19.4 Å². The second-order valence-corrected chi connectivity index (χ2v) is 10.5. The minimum atomic E-state index is -9.87. The van der Waals surface area contributed by atoms with Crippen molar-refractivity contribution in [2.24, 2.45) is 0 Å². The topological polar surface area (TPSA) is 100 Å². The lowest BCUT2D eigenvalue weighted by Crippen LogP contribution is -2.47. The summed E-state index contributed by atoms with van der Waals surface area (Å²) in [4.78, 5) is 25.3. The van der Waals surface area contributed by atoms with Crippen LogP contribution in [0, 0.1) is 11.3 Å². The molecule has 1 aliphatic heterocycles. The number of aromatic nitrogens is 2. The zero-order chi connectivity index (χ0) is 26.5. The van der Waals surface area contributed by atoms with Crippen LogP contribution < -0.4 is 15.0 Å².